The zero-order valence-corrected chi connectivity index (χ0v) is 7.43. The van der Waals surface area contributed by atoms with Crippen molar-refractivity contribution < 1.29 is 10.2 Å². The highest BCUT2D eigenvalue weighted by atomic mass is 16.3. The fourth-order valence-electron chi connectivity index (χ4n) is 1.85. The van der Waals surface area contributed by atoms with Crippen LogP contribution in [0.5, 0.6) is 5.75 Å². The first-order valence-corrected chi connectivity index (χ1v) is 4.67. The largest absolute Gasteiger partial charge is 0.505 e. The minimum absolute atomic E-state index is 0.139. The van der Waals surface area contributed by atoms with Gasteiger partial charge in [0.05, 0.1) is 24.5 Å². The van der Waals surface area contributed by atoms with Crippen LogP contribution >= 0.6 is 0 Å². The number of aliphatic hydroxyl groups excluding tert-OH is 1. The lowest BCUT2D eigenvalue weighted by Crippen LogP contribution is -2.21. The molecule has 72 valence electrons. The van der Waals surface area contributed by atoms with Crippen molar-refractivity contribution in [2.75, 3.05) is 0 Å². The molecule has 0 aromatic carbocycles. The highest BCUT2D eigenvalue weighted by molar-refractivity contribution is 5.09. The summed E-state index contributed by atoms with van der Waals surface area (Å²) in [4.78, 5) is 0. The highest BCUT2D eigenvalue weighted by Crippen LogP contribution is 2.28. The molecule has 0 unspecified atom stereocenters. The average Bonchev–Trinajstić information content (AvgIpc) is 2.53. The van der Waals surface area contributed by atoms with Crippen LogP contribution in [0.1, 0.15) is 31.7 Å². The van der Waals surface area contributed by atoms with Gasteiger partial charge in [-0.25, -0.2) is 0 Å². The van der Waals surface area contributed by atoms with Gasteiger partial charge in [-0.3, -0.25) is 4.68 Å². The van der Waals surface area contributed by atoms with Crippen LogP contribution in [0.25, 0.3) is 0 Å². The Morgan fingerprint density at radius 3 is 2.54 bits per heavy atom. The van der Waals surface area contributed by atoms with Gasteiger partial charge in [0.1, 0.15) is 0 Å². The molecule has 0 radical (unpaired) electrons. The van der Waals surface area contributed by atoms with Crippen molar-refractivity contribution in [3.05, 3.63) is 12.4 Å². The Bertz CT molecular complexity index is 277. The predicted molar refractivity (Wildman–Crippen MR) is 47.4 cm³/mol. The first-order valence-electron chi connectivity index (χ1n) is 4.67. The second-order valence-corrected chi connectivity index (χ2v) is 3.64. The van der Waals surface area contributed by atoms with Gasteiger partial charge in [-0.2, -0.15) is 5.10 Å². The van der Waals surface area contributed by atoms with Gasteiger partial charge in [0.2, 0.25) is 0 Å². The summed E-state index contributed by atoms with van der Waals surface area (Å²) in [7, 11) is 0. The molecule has 0 spiro atoms. The highest BCUT2D eigenvalue weighted by Gasteiger charge is 2.20. The Kier molecular flexibility index (Phi) is 2.22. The van der Waals surface area contributed by atoms with E-state index in [0.29, 0.717) is 6.04 Å². The topological polar surface area (TPSA) is 58.3 Å². The molecule has 1 aromatic rings. The summed E-state index contributed by atoms with van der Waals surface area (Å²) >= 11 is 0. The van der Waals surface area contributed by atoms with Gasteiger partial charge in [-0.05, 0) is 25.7 Å². The molecule has 1 saturated carbocycles. The van der Waals surface area contributed by atoms with Crippen LogP contribution in [-0.4, -0.2) is 26.1 Å². The number of hydrogen-bond acceptors (Lipinski definition) is 3. The molecule has 4 heteroatoms. The molecule has 2 N–H and O–H groups in total. The molecule has 0 saturated heterocycles. The van der Waals surface area contributed by atoms with Gasteiger partial charge in [0.15, 0.2) is 5.75 Å². The molecule has 13 heavy (non-hydrogen) atoms. The van der Waals surface area contributed by atoms with Crippen LogP contribution in [0.4, 0.5) is 0 Å². The van der Waals surface area contributed by atoms with Crippen molar-refractivity contribution in [2.24, 2.45) is 0 Å². The van der Waals surface area contributed by atoms with E-state index >= 15 is 0 Å². The van der Waals surface area contributed by atoms with Crippen molar-refractivity contribution in [1.29, 1.82) is 0 Å². The fourth-order valence-corrected chi connectivity index (χ4v) is 1.85. The van der Waals surface area contributed by atoms with E-state index in [9.17, 15) is 5.11 Å². The zero-order valence-electron chi connectivity index (χ0n) is 7.43. The van der Waals surface area contributed by atoms with Crippen molar-refractivity contribution in [2.45, 2.75) is 37.8 Å². The lowest BCUT2D eigenvalue weighted by atomic mass is 9.93. The van der Waals surface area contributed by atoms with Gasteiger partial charge in [0.25, 0.3) is 0 Å². The van der Waals surface area contributed by atoms with Crippen molar-refractivity contribution in [1.82, 2.24) is 9.78 Å². The minimum Gasteiger partial charge on any atom is -0.505 e. The normalized spacial score (nSPS) is 29.0. The number of aromatic nitrogens is 2. The maximum Gasteiger partial charge on any atom is 0.153 e. The molecule has 1 aliphatic rings. The van der Waals surface area contributed by atoms with Crippen LogP contribution in [0.3, 0.4) is 0 Å². The number of hydrogen-bond donors (Lipinski definition) is 2. The summed E-state index contributed by atoms with van der Waals surface area (Å²) in [5.74, 6) is 0.214. The lowest BCUT2D eigenvalue weighted by molar-refractivity contribution is 0.108. The minimum atomic E-state index is -0.139. The Hall–Kier alpha value is -1.03. The Morgan fingerprint density at radius 2 is 2.00 bits per heavy atom. The summed E-state index contributed by atoms with van der Waals surface area (Å²) in [6.07, 6.45) is 6.52. The summed E-state index contributed by atoms with van der Waals surface area (Å²) in [5.41, 5.74) is 0. The molecule has 2 rings (SSSR count). The SMILES string of the molecule is Oc1cnn(C2CCC(O)CC2)c1. The quantitative estimate of drug-likeness (QED) is 0.682. The third kappa shape index (κ3) is 1.83. The Labute approximate surface area is 76.8 Å². The second kappa shape index (κ2) is 3.38. The number of nitrogens with zero attached hydrogens (tertiary/aromatic N) is 2. The Balaban J connectivity index is 2.02. The van der Waals surface area contributed by atoms with E-state index < -0.39 is 0 Å². The monoisotopic (exact) mass is 182 g/mol. The van der Waals surface area contributed by atoms with E-state index in [4.69, 9.17) is 5.11 Å². The molecular formula is C9H14N2O2. The van der Waals surface area contributed by atoms with E-state index in [-0.39, 0.29) is 11.9 Å². The van der Waals surface area contributed by atoms with Crippen molar-refractivity contribution in [3.8, 4) is 5.75 Å². The maximum atomic E-state index is 9.30. The first kappa shape index (κ1) is 8.56. The van der Waals surface area contributed by atoms with E-state index in [0.717, 1.165) is 25.7 Å². The van der Waals surface area contributed by atoms with E-state index in [1.54, 1.807) is 10.9 Å². The van der Waals surface area contributed by atoms with Crippen LogP contribution < -0.4 is 0 Å². The molecule has 1 aliphatic carbocycles. The summed E-state index contributed by atoms with van der Waals surface area (Å²) < 4.78 is 1.79. The summed E-state index contributed by atoms with van der Waals surface area (Å²) in [5, 5.41) is 22.5. The number of aliphatic hydroxyl groups is 1. The number of rotatable bonds is 1. The van der Waals surface area contributed by atoms with Gasteiger partial charge >= 0.3 is 0 Å². The first-order chi connectivity index (χ1) is 6.25. The predicted octanol–water partition coefficient (Wildman–Crippen LogP) is 1.06. The molecule has 4 nitrogen and oxygen atoms in total. The molecule has 0 aliphatic heterocycles. The zero-order chi connectivity index (χ0) is 9.26. The maximum absolute atomic E-state index is 9.30. The van der Waals surface area contributed by atoms with Gasteiger partial charge < -0.3 is 10.2 Å². The van der Waals surface area contributed by atoms with Crippen molar-refractivity contribution >= 4 is 0 Å². The molecule has 1 heterocycles. The number of aromatic hydroxyl groups is 1. The average molecular weight is 182 g/mol. The molecule has 0 atom stereocenters. The standard InChI is InChI=1S/C9H14N2O2/c12-8-3-1-7(2-4-8)11-6-9(13)5-10-11/h5-8,12-13H,1-4H2. The second-order valence-electron chi connectivity index (χ2n) is 3.64. The van der Waals surface area contributed by atoms with Crippen LogP contribution in [-0.2, 0) is 0 Å². The molecule has 1 aromatic heterocycles. The summed E-state index contributed by atoms with van der Waals surface area (Å²) in [6, 6.07) is 0.351. The smallest absolute Gasteiger partial charge is 0.153 e. The molecule has 1 fully saturated rings. The van der Waals surface area contributed by atoms with Crippen LogP contribution in [0.15, 0.2) is 12.4 Å². The summed E-state index contributed by atoms with van der Waals surface area (Å²) in [6.45, 7) is 0. The van der Waals surface area contributed by atoms with Crippen molar-refractivity contribution in [3.63, 3.8) is 0 Å². The van der Waals surface area contributed by atoms with E-state index in [1.165, 1.54) is 6.20 Å². The third-order valence-electron chi connectivity index (χ3n) is 2.63. The van der Waals surface area contributed by atoms with Crippen LogP contribution in [0.2, 0.25) is 0 Å². The molecule has 0 bridgehead atoms. The third-order valence-corrected chi connectivity index (χ3v) is 2.63. The molecule has 0 amide bonds. The van der Waals surface area contributed by atoms with Gasteiger partial charge in [0, 0.05) is 0 Å². The fraction of sp³-hybridized carbons (Fsp3) is 0.667. The molecular weight excluding hydrogens is 168 g/mol. The van der Waals surface area contributed by atoms with E-state index in [2.05, 4.69) is 5.10 Å². The van der Waals surface area contributed by atoms with Gasteiger partial charge in [-0.1, -0.05) is 0 Å². The van der Waals surface area contributed by atoms with E-state index in [1.807, 2.05) is 0 Å². The lowest BCUT2D eigenvalue weighted by Gasteiger charge is -2.25. The Morgan fingerprint density at radius 1 is 1.31 bits per heavy atom. The van der Waals surface area contributed by atoms with Crippen LogP contribution in [0, 0.1) is 0 Å². The van der Waals surface area contributed by atoms with Gasteiger partial charge in [-0.15, -0.1) is 0 Å².